The summed E-state index contributed by atoms with van der Waals surface area (Å²) in [6.45, 7) is 1.30. The van der Waals surface area contributed by atoms with Crippen LogP contribution in [0.4, 0.5) is 5.69 Å². The number of fused-ring (bicyclic) bond motifs is 5. The van der Waals surface area contributed by atoms with E-state index in [0.29, 0.717) is 22.7 Å². The normalized spacial score (nSPS) is 23.1. The average molecular weight is 509 g/mol. The minimum atomic E-state index is -0.881. The molecule has 2 amide bonds. The zero-order valence-corrected chi connectivity index (χ0v) is 20.7. The third-order valence-corrected chi connectivity index (χ3v) is 7.46. The zero-order valence-electron chi connectivity index (χ0n) is 20.7. The van der Waals surface area contributed by atoms with E-state index in [1.54, 1.807) is 55.6 Å². The van der Waals surface area contributed by atoms with Crippen molar-refractivity contribution in [1.29, 1.82) is 0 Å². The maximum Gasteiger partial charge on any atom is 0.308 e. The molecule has 190 valence electrons. The fourth-order valence-corrected chi connectivity index (χ4v) is 5.87. The molecular formula is C30H24N2O6. The Labute approximate surface area is 219 Å². The number of amides is 2. The molecule has 0 aromatic heterocycles. The molecule has 0 aliphatic carbocycles. The Balaban J connectivity index is 1.43. The Kier molecular flexibility index (Phi) is 5.60. The van der Waals surface area contributed by atoms with Gasteiger partial charge < -0.3 is 14.4 Å². The highest BCUT2D eigenvalue weighted by Gasteiger charge is 2.64. The van der Waals surface area contributed by atoms with Crippen molar-refractivity contribution in [2.75, 3.05) is 12.0 Å². The van der Waals surface area contributed by atoms with Crippen LogP contribution in [-0.4, -0.2) is 41.6 Å². The number of rotatable bonds is 5. The van der Waals surface area contributed by atoms with Crippen LogP contribution in [0.3, 0.4) is 0 Å². The monoisotopic (exact) mass is 508 g/mol. The molecule has 8 heteroatoms. The summed E-state index contributed by atoms with van der Waals surface area (Å²) in [5.41, 5.74) is 2.66. The Morgan fingerprint density at radius 2 is 1.47 bits per heavy atom. The molecule has 3 aromatic carbocycles. The Morgan fingerprint density at radius 1 is 0.816 bits per heavy atom. The number of carbonyl (C=O) groups excluding carboxylic acids is 4. The van der Waals surface area contributed by atoms with Crippen LogP contribution in [0.1, 0.15) is 34.5 Å². The van der Waals surface area contributed by atoms with Gasteiger partial charge in [-0.2, -0.15) is 0 Å². The number of hydrogen-bond acceptors (Lipinski definition) is 7. The SMILES string of the molecule is COc1ccc(N2C(=O)[C@H]3[C@H](C2=O)[C@H]2c4ccccc4C=CN2[C@@H]3C(=O)c2ccc(OC(C)=O)cc2)cc1. The molecule has 38 heavy (non-hydrogen) atoms. The first-order chi connectivity index (χ1) is 18.4. The van der Waals surface area contributed by atoms with Gasteiger partial charge in [-0.15, -0.1) is 0 Å². The number of esters is 1. The van der Waals surface area contributed by atoms with E-state index in [1.807, 2.05) is 41.4 Å². The quantitative estimate of drug-likeness (QED) is 0.222. The number of ether oxygens (including phenoxy) is 2. The molecule has 4 atom stereocenters. The molecule has 8 nitrogen and oxygen atoms in total. The third-order valence-electron chi connectivity index (χ3n) is 7.46. The molecule has 3 aliphatic rings. The van der Waals surface area contributed by atoms with Gasteiger partial charge in [0.05, 0.1) is 30.7 Å². The first-order valence-electron chi connectivity index (χ1n) is 12.3. The first-order valence-corrected chi connectivity index (χ1v) is 12.3. The first kappa shape index (κ1) is 23.7. The van der Waals surface area contributed by atoms with E-state index < -0.39 is 35.8 Å². The largest absolute Gasteiger partial charge is 0.497 e. The van der Waals surface area contributed by atoms with Gasteiger partial charge in [-0.3, -0.25) is 19.2 Å². The minimum absolute atomic E-state index is 0.279. The van der Waals surface area contributed by atoms with E-state index in [0.717, 1.165) is 11.1 Å². The van der Waals surface area contributed by atoms with Crippen molar-refractivity contribution < 1.29 is 28.7 Å². The van der Waals surface area contributed by atoms with E-state index >= 15 is 0 Å². The maximum atomic E-state index is 14.0. The summed E-state index contributed by atoms with van der Waals surface area (Å²) < 4.78 is 10.3. The lowest BCUT2D eigenvalue weighted by atomic mass is 9.83. The van der Waals surface area contributed by atoms with E-state index in [-0.39, 0.29) is 11.7 Å². The number of anilines is 1. The Bertz CT molecular complexity index is 1490. The fraction of sp³-hybridized carbons (Fsp3) is 0.200. The summed E-state index contributed by atoms with van der Waals surface area (Å²) in [5.74, 6) is -2.14. The van der Waals surface area contributed by atoms with Crippen molar-refractivity contribution in [2.45, 2.75) is 19.0 Å². The van der Waals surface area contributed by atoms with Gasteiger partial charge in [-0.1, -0.05) is 24.3 Å². The van der Waals surface area contributed by atoms with Crippen LogP contribution in [-0.2, 0) is 14.4 Å². The van der Waals surface area contributed by atoms with Gasteiger partial charge in [0.1, 0.15) is 17.5 Å². The van der Waals surface area contributed by atoms with E-state index in [9.17, 15) is 19.2 Å². The molecule has 3 aliphatic heterocycles. The molecule has 0 bridgehead atoms. The third kappa shape index (κ3) is 3.60. The summed E-state index contributed by atoms with van der Waals surface area (Å²) in [5, 5.41) is 0. The molecule has 3 heterocycles. The van der Waals surface area contributed by atoms with Crippen LogP contribution < -0.4 is 14.4 Å². The molecule has 0 radical (unpaired) electrons. The van der Waals surface area contributed by atoms with Gasteiger partial charge in [-0.25, -0.2) is 4.90 Å². The molecule has 0 unspecified atom stereocenters. The highest BCUT2D eigenvalue weighted by molar-refractivity contribution is 6.24. The van der Waals surface area contributed by atoms with Crippen molar-refractivity contribution >= 4 is 35.3 Å². The predicted octanol–water partition coefficient (Wildman–Crippen LogP) is 4.02. The predicted molar refractivity (Wildman–Crippen MR) is 138 cm³/mol. The van der Waals surface area contributed by atoms with Gasteiger partial charge in [0, 0.05) is 18.7 Å². The standard InChI is InChI=1S/C30H24N2O6/c1-17(33)38-22-11-7-19(8-12-22)28(34)27-25-24(26-23-6-4-3-5-18(23)15-16-31(26)27)29(35)32(30(25)36)20-9-13-21(37-2)14-10-20/h3-16,24-27H,1-2H3/t24-,25-,26+,27-/m0/s1. The maximum absolute atomic E-state index is 14.0. The Hall–Kier alpha value is -4.72. The van der Waals surface area contributed by atoms with Crippen molar-refractivity contribution in [3.8, 4) is 11.5 Å². The molecule has 3 aromatic rings. The molecular weight excluding hydrogens is 484 g/mol. The van der Waals surface area contributed by atoms with Crippen LogP contribution in [0.15, 0.2) is 79.0 Å². The van der Waals surface area contributed by atoms with Gasteiger partial charge in [0.15, 0.2) is 5.78 Å². The van der Waals surface area contributed by atoms with Crippen LogP contribution in [0, 0.1) is 11.8 Å². The van der Waals surface area contributed by atoms with Crippen molar-refractivity contribution in [2.24, 2.45) is 11.8 Å². The number of ketones is 1. The summed E-state index contributed by atoms with van der Waals surface area (Å²) in [7, 11) is 1.54. The average Bonchev–Trinajstić information content (AvgIpc) is 3.40. The second kappa shape index (κ2) is 8.99. The van der Waals surface area contributed by atoms with Crippen LogP contribution in [0.5, 0.6) is 11.5 Å². The van der Waals surface area contributed by atoms with E-state index in [4.69, 9.17) is 9.47 Å². The van der Waals surface area contributed by atoms with E-state index in [1.165, 1.54) is 11.8 Å². The second-order valence-corrected chi connectivity index (χ2v) is 9.53. The number of nitrogens with zero attached hydrogens (tertiary/aromatic N) is 2. The van der Waals surface area contributed by atoms with Gasteiger partial charge in [-0.05, 0) is 65.7 Å². The van der Waals surface area contributed by atoms with Gasteiger partial charge >= 0.3 is 5.97 Å². The van der Waals surface area contributed by atoms with Gasteiger partial charge in [0.2, 0.25) is 11.8 Å². The lowest BCUT2D eigenvalue weighted by Gasteiger charge is -2.35. The van der Waals surface area contributed by atoms with Crippen LogP contribution >= 0.6 is 0 Å². The minimum Gasteiger partial charge on any atom is -0.497 e. The highest BCUT2D eigenvalue weighted by Crippen LogP contribution is 2.53. The topological polar surface area (TPSA) is 93.2 Å². The summed E-state index contributed by atoms with van der Waals surface area (Å²) in [4.78, 5) is 56.2. The number of Topliss-reactive ketones (excluding diaryl/α,β-unsaturated/α-hetero) is 1. The molecule has 2 fully saturated rings. The number of carbonyl (C=O) groups is 4. The molecule has 0 spiro atoms. The highest BCUT2D eigenvalue weighted by atomic mass is 16.5. The van der Waals surface area contributed by atoms with E-state index in [2.05, 4.69) is 0 Å². The summed E-state index contributed by atoms with van der Waals surface area (Å²) in [6.07, 6.45) is 3.73. The smallest absolute Gasteiger partial charge is 0.308 e. The summed E-state index contributed by atoms with van der Waals surface area (Å²) >= 11 is 0. The second-order valence-electron chi connectivity index (χ2n) is 9.53. The lowest BCUT2D eigenvalue weighted by molar-refractivity contribution is -0.132. The number of imide groups is 1. The number of methoxy groups -OCH3 is 1. The summed E-state index contributed by atoms with van der Waals surface area (Å²) in [6, 6.07) is 19.4. The number of benzene rings is 3. The van der Waals surface area contributed by atoms with Crippen LogP contribution in [0.2, 0.25) is 0 Å². The van der Waals surface area contributed by atoms with Crippen LogP contribution in [0.25, 0.3) is 6.08 Å². The van der Waals surface area contributed by atoms with Gasteiger partial charge in [0.25, 0.3) is 0 Å². The van der Waals surface area contributed by atoms with Crippen molar-refractivity contribution in [3.63, 3.8) is 0 Å². The van der Waals surface area contributed by atoms with Crippen molar-refractivity contribution in [3.05, 3.63) is 95.7 Å². The lowest BCUT2D eigenvalue weighted by Crippen LogP contribution is -2.44. The molecule has 6 rings (SSSR count). The fourth-order valence-electron chi connectivity index (χ4n) is 5.87. The molecule has 0 saturated carbocycles. The Morgan fingerprint density at radius 3 is 2.16 bits per heavy atom. The van der Waals surface area contributed by atoms with Crippen molar-refractivity contribution in [1.82, 2.24) is 4.90 Å². The molecule has 0 N–H and O–H groups in total. The molecule has 2 saturated heterocycles. The number of hydrogen-bond donors (Lipinski definition) is 0. The zero-order chi connectivity index (χ0) is 26.6.